The van der Waals surface area contributed by atoms with Crippen LogP contribution in [0.2, 0.25) is 15.1 Å². The zero-order chi connectivity index (χ0) is 45.6. The molecule has 0 saturated carbocycles. The topological polar surface area (TPSA) is 221 Å². The summed E-state index contributed by atoms with van der Waals surface area (Å²) in [4.78, 5) is 71.5. The van der Waals surface area contributed by atoms with Gasteiger partial charge in [0, 0.05) is 61.7 Å². The van der Waals surface area contributed by atoms with Gasteiger partial charge in [-0.1, -0.05) is 59.6 Å². The second kappa shape index (κ2) is 23.6. The lowest BCUT2D eigenvalue weighted by atomic mass is 10.2. The lowest BCUT2D eigenvalue weighted by molar-refractivity contribution is 0.0734. The number of carbonyl (C=O) groups excluding carboxylic acids is 5. The van der Waals surface area contributed by atoms with Crippen LogP contribution in [-0.4, -0.2) is 110 Å². The van der Waals surface area contributed by atoms with Crippen LogP contribution in [0.15, 0.2) is 85.7 Å². The summed E-state index contributed by atoms with van der Waals surface area (Å²) in [5, 5.41) is 23.4. The lowest BCUT2D eigenvalue weighted by Gasteiger charge is -2.23. The van der Waals surface area contributed by atoms with Crippen molar-refractivity contribution in [3.8, 4) is 5.75 Å². The number of aromatic hydroxyl groups is 1. The highest BCUT2D eigenvalue weighted by Gasteiger charge is 2.35. The summed E-state index contributed by atoms with van der Waals surface area (Å²) >= 11 is 26.6. The summed E-state index contributed by atoms with van der Waals surface area (Å²) < 4.78 is 5.10. The Morgan fingerprint density at radius 2 is 1.46 bits per heavy atom. The lowest BCUT2D eigenvalue weighted by Crippen LogP contribution is -2.45. The van der Waals surface area contributed by atoms with Crippen LogP contribution in [0, 0.1) is 0 Å². The number of nitrogens with zero attached hydrogens (tertiary/aromatic N) is 4. The fourth-order valence-electron chi connectivity index (χ4n) is 6.42. The molecule has 5 amide bonds. The van der Waals surface area contributed by atoms with E-state index in [0.717, 1.165) is 29.1 Å². The Labute approximate surface area is 390 Å². The molecule has 4 heterocycles. The van der Waals surface area contributed by atoms with Gasteiger partial charge in [-0.05, 0) is 72.5 Å². The summed E-state index contributed by atoms with van der Waals surface area (Å²) in [5.41, 5.74) is 2.47. The Hall–Kier alpha value is -5.08. The summed E-state index contributed by atoms with van der Waals surface area (Å²) in [6.07, 6.45) is 5.15. The van der Waals surface area contributed by atoms with Crippen molar-refractivity contribution in [2.24, 2.45) is 5.84 Å². The molecular weight excluding hydrogens is 913 g/mol. The van der Waals surface area contributed by atoms with E-state index in [-0.39, 0.29) is 82.8 Å². The Morgan fingerprint density at radius 1 is 0.841 bits per heavy atom. The molecule has 0 aliphatic carbocycles. The number of aromatic nitrogens is 2. The van der Waals surface area contributed by atoms with Crippen molar-refractivity contribution in [1.82, 2.24) is 41.1 Å². The molecule has 6 rings (SSSR count). The number of rotatable bonds is 14. The first kappa shape index (κ1) is 48.9. The molecule has 2 aromatic carbocycles. The van der Waals surface area contributed by atoms with Crippen LogP contribution < -0.4 is 27.1 Å². The van der Waals surface area contributed by atoms with Crippen molar-refractivity contribution in [2.45, 2.75) is 48.5 Å². The molecule has 4 atom stereocenters. The van der Waals surface area contributed by atoms with Crippen LogP contribution in [0.1, 0.15) is 65.7 Å². The molecule has 2 saturated heterocycles. The summed E-state index contributed by atoms with van der Waals surface area (Å²) in [6, 6.07) is 15.6. The molecular formula is C42H46Cl3N9O7S2. The minimum Gasteiger partial charge on any atom is -0.506 e. The van der Waals surface area contributed by atoms with Gasteiger partial charge >= 0.3 is 6.09 Å². The Bertz CT molecular complexity index is 2280. The number of pyridine rings is 2. The Kier molecular flexibility index (Phi) is 18.3. The van der Waals surface area contributed by atoms with Crippen LogP contribution in [0.3, 0.4) is 0 Å². The van der Waals surface area contributed by atoms with Crippen LogP contribution in [0.25, 0.3) is 0 Å². The maximum absolute atomic E-state index is 12.5. The molecule has 0 bridgehead atoms. The molecule has 2 fully saturated rings. The maximum Gasteiger partial charge on any atom is 0.410 e. The molecule has 4 aromatic rings. The number of halogens is 3. The zero-order valence-corrected chi connectivity index (χ0v) is 37.7. The minimum atomic E-state index is -0.468. The van der Waals surface area contributed by atoms with E-state index in [1.54, 1.807) is 35.2 Å². The van der Waals surface area contributed by atoms with Gasteiger partial charge in [0.05, 0.1) is 38.8 Å². The van der Waals surface area contributed by atoms with Gasteiger partial charge in [0.25, 0.3) is 23.6 Å². The summed E-state index contributed by atoms with van der Waals surface area (Å²) in [7, 11) is 0. The second-order valence-corrected chi connectivity index (χ2v) is 17.2. The van der Waals surface area contributed by atoms with Crippen LogP contribution in [-0.2, 0) is 17.8 Å². The van der Waals surface area contributed by atoms with Crippen LogP contribution in [0.4, 0.5) is 4.79 Å². The SMILES string of the molecule is C=CCOC(=O)N1C[C@@H](S)C[C@H]1CNC(=O)c1ccc(C(=O)NCc2ccc(Cl)c(Cl)c2)cn1.NN(C[C@@H]1C[C@H](S)CN1)C(=O)c1ccc(C(=O)NCc2ccc(O)c(Cl)c2)cn1. The largest absolute Gasteiger partial charge is 0.506 e. The maximum atomic E-state index is 12.5. The average molecular weight is 959 g/mol. The number of nitrogens with one attached hydrogen (secondary N) is 4. The van der Waals surface area contributed by atoms with Gasteiger partial charge in [0.15, 0.2) is 0 Å². The molecule has 16 nitrogen and oxygen atoms in total. The van der Waals surface area contributed by atoms with Gasteiger partial charge in [0.2, 0.25) is 0 Å². The molecule has 0 spiro atoms. The molecule has 2 aliphatic heterocycles. The molecule has 21 heteroatoms. The first-order valence-corrected chi connectivity index (χ1v) is 21.7. The Balaban J connectivity index is 0.000000240. The smallest absolute Gasteiger partial charge is 0.410 e. The normalized spacial score (nSPS) is 17.8. The number of hydrogen-bond donors (Lipinski definition) is 8. The highest BCUT2D eigenvalue weighted by Crippen LogP contribution is 2.25. The van der Waals surface area contributed by atoms with E-state index in [1.807, 2.05) is 0 Å². The van der Waals surface area contributed by atoms with E-state index in [0.29, 0.717) is 40.7 Å². The molecule has 0 radical (unpaired) electrons. The number of phenols is 1. The third-order valence-electron chi connectivity index (χ3n) is 9.73. The molecule has 334 valence electrons. The highest BCUT2D eigenvalue weighted by atomic mass is 35.5. The predicted molar refractivity (Wildman–Crippen MR) is 247 cm³/mol. The van der Waals surface area contributed by atoms with Crippen molar-refractivity contribution in [3.63, 3.8) is 0 Å². The van der Waals surface area contributed by atoms with Crippen LogP contribution in [0.5, 0.6) is 5.75 Å². The molecule has 63 heavy (non-hydrogen) atoms. The number of thiol groups is 2. The van der Waals surface area contributed by atoms with Gasteiger partial charge < -0.3 is 36.0 Å². The number of carbonyl (C=O) groups is 5. The van der Waals surface area contributed by atoms with Crippen molar-refractivity contribution in [2.75, 3.05) is 32.8 Å². The molecule has 7 N–H and O–H groups in total. The number of benzene rings is 2. The Morgan fingerprint density at radius 3 is 2.02 bits per heavy atom. The second-order valence-electron chi connectivity index (χ2n) is 14.5. The van der Waals surface area contributed by atoms with Gasteiger partial charge in [0.1, 0.15) is 23.7 Å². The van der Waals surface area contributed by atoms with Gasteiger partial charge in [-0.3, -0.25) is 34.2 Å². The van der Waals surface area contributed by atoms with E-state index >= 15 is 0 Å². The standard InChI is InChI=1S/C23H24Cl2N4O4S.C19H22ClN5O3S/c1-2-7-33-23(32)29-13-17(34)9-16(29)12-28-22(31)20-6-4-15(11-26-20)21(30)27-10-14-3-5-18(24)19(25)8-14;20-15-5-11(1-4-17(15)26)7-24-18(27)12-2-3-16(23-8-12)19(28)25(21)10-13-6-14(29)9-22-13/h2-6,8,11,16-17,34H,1,7,9-10,12-13H2,(H,27,30)(H,28,31);1-5,8,13-14,22,26,29H,6-7,9-10,21H2,(H,24,27)/t16-,17-;13-,14-/m00/s1. The number of hydrazine groups is 1. The molecule has 2 aliphatic rings. The zero-order valence-electron chi connectivity index (χ0n) is 33.7. The van der Waals surface area contributed by atoms with E-state index in [1.165, 1.54) is 48.8 Å². The number of likely N-dealkylation sites (tertiary alicyclic amines) is 1. The highest BCUT2D eigenvalue weighted by molar-refractivity contribution is 7.81. The third kappa shape index (κ3) is 14.5. The van der Waals surface area contributed by atoms with Crippen molar-refractivity contribution >= 4 is 89.8 Å². The monoisotopic (exact) mass is 957 g/mol. The van der Waals surface area contributed by atoms with E-state index in [9.17, 15) is 29.1 Å². The number of hydrogen-bond acceptors (Lipinski definition) is 13. The van der Waals surface area contributed by atoms with Crippen molar-refractivity contribution in [1.29, 1.82) is 0 Å². The van der Waals surface area contributed by atoms with E-state index < -0.39 is 17.9 Å². The third-order valence-corrected chi connectivity index (χ3v) is 11.5. The summed E-state index contributed by atoms with van der Waals surface area (Å²) in [5.74, 6) is 4.34. The van der Waals surface area contributed by atoms with Gasteiger partial charge in [-0.15, -0.1) is 0 Å². The summed E-state index contributed by atoms with van der Waals surface area (Å²) in [6.45, 7) is 5.94. The fraction of sp³-hybridized carbons (Fsp3) is 0.310. The molecule has 0 unspecified atom stereocenters. The minimum absolute atomic E-state index is 0.00185. The van der Waals surface area contributed by atoms with Crippen molar-refractivity contribution < 1.29 is 33.8 Å². The number of nitrogens with two attached hydrogens (primary N) is 1. The van der Waals surface area contributed by atoms with Gasteiger partial charge in [-0.2, -0.15) is 25.3 Å². The first-order chi connectivity index (χ1) is 30.1. The first-order valence-electron chi connectivity index (χ1n) is 19.5. The van der Waals surface area contributed by atoms with Gasteiger partial charge in [-0.25, -0.2) is 10.6 Å². The van der Waals surface area contributed by atoms with E-state index in [4.69, 9.17) is 45.4 Å². The number of phenolic OH excluding ortho intramolecular Hbond substituents is 1. The van der Waals surface area contributed by atoms with Crippen molar-refractivity contribution in [3.05, 3.63) is 134 Å². The van der Waals surface area contributed by atoms with E-state index in [2.05, 4.69) is 63.1 Å². The van der Waals surface area contributed by atoms with Crippen LogP contribution >= 0.6 is 60.1 Å². The number of ether oxygens (including phenoxy) is 1. The molecule has 2 aromatic heterocycles. The fourth-order valence-corrected chi connectivity index (χ4v) is 7.73. The quantitative estimate of drug-likeness (QED) is 0.0274. The number of amides is 5. The predicted octanol–water partition coefficient (Wildman–Crippen LogP) is 5.09. The average Bonchev–Trinajstić information content (AvgIpc) is 3.88.